The van der Waals surface area contributed by atoms with Crippen LogP contribution >= 0.6 is 0 Å². The van der Waals surface area contributed by atoms with Crippen molar-refractivity contribution in [2.24, 2.45) is 5.73 Å². The van der Waals surface area contributed by atoms with E-state index in [1.54, 1.807) is 7.11 Å². The molecule has 18 heavy (non-hydrogen) atoms. The smallest absolute Gasteiger partial charge is 0.234 e. The van der Waals surface area contributed by atoms with E-state index in [1.165, 1.54) is 12.8 Å². The van der Waals surface area contributed by atoms with Crippen LogP contribution in [0.3, 0.4) is 0 Å². The number of hydrogen-bond acceptors (Lipinski definition) is 4. The summed E-state index contributed by atoms with van der Waals surface area (Å²) in [6.45, 7) is 3.52. The first-order chi connectivity index (χ1) is 8.54. The zero-order chi connectivity index (χ0) is 13.6. The number of nitrogens with two attached hydrogens (primary N) is 1. The Morgan fingerprint density at radius 1 is 1.50 bits per heavy atom. The highest BCUT2D eigenvalue weighted by Crippen LogP contribution is 2.33. The summed E-state index contributed by atoms with van der Waals surface area (Å²) in [6, 6.07) is 0.0494. The molecule has 1 unspecified atom stereocenters. The molecule has 1 fully saturated rings. The van der Waals surface area contributed by atoms with Crippen LogP contribution in [0.25, 0.3) is 0 Å². The Hall–Kier alpha value is -0.650. The zero-order valence-electron chi connectivity index (χ0n) is 11.9. The molecule has 1 aliphatic rings. The first-order valence-corrected chi connectivity index (χ1v) is 6.73. The van der Waals surface area contributed by atoms with Gasteiger partial charge in [0.25, 0.3) is 0 Å². The summed E-state index contributed by atoms with van der Waals surface area (Å²) < 4.78 is 5.00. The molecule has 0 saturated heterocycles. The zero-order valence-corrected chi connectivity index (χ0v) is 11.9. The van der Waals surface area contributed by atoms with Crippen LogP contribution in [0.1, 0.15) is 32.6 Å². The summed E-state index contributed by atoms with van der Waals surface area (Å²) in [5.41, 5.74) is 5.93. The summed E-state index contributed by atoms with van der Waals surface area (Å²) in [6.07, 6.45) is 4.62. The van der Waals surface area contributed by atoms with Crippen molar-refractivity contribution in [3.63, 3.8) is 0 Å². The molecule has 0 bridgehead atoms. The molecule has 0 aliphatic heterocycles. The topological polar surface area (TPSA) is 67.6 Å². The van der Waals surface area contributed by atoms with Crippen molar-refractivity contribution in [2.75, 3.05) is 33.9 Å². The number of hydrogen-bond donors (Lipinski definition) is 2. The molecule has 1 rings (SSSR count). The number of ether oxygens (including phenoxy) is 1. The molecule has 1 amide bonds. The Kier molecular flexibility index (Phi) is 6.05. The largest absolute Gasteiger partial charge is 0.383 e. The van der Waals surface area contributed by atoms with Crippen LogP contribution in [0.5, 0.6) is 0 Å². The molecular weight excluding hydrogens is 230 g/mol. The fraction of sp³-hybridized carbons (Fsp3) is 0.923. The number of carbonyl (C=O) groups is 1. The Morgan fingerprint density at radius 2 is 2.11 bits per heavy atom. The van der Waals surface area contributed by atoms with Gasteiger partial charge in [-0.1, -0.05) is 12.8 Å². The fourth-order valence-corrected chi connectivity index (χ4v) is 2.77. The second kappa shape index (κ2) is 7.07. The molecule has 0 spiro atoms. The van der Waals surface area contributed by atoms with Gasteiger partial charge in [-0.3, -0.25) is 9.69 Å². The van der Waals surface area contributed by atoms with Crippen LogP contribution in [0.2, 0.25) is 0 Å². The van der Waals surface area contributed by atoms with Crippen molar-refractivity contribution in [2.45, 2.75) is 44.2 Å². The fourth-order valence-electron chi connectivity index (χ4n) is 2.77. The van der Waals surface area contributed by atoms with E-state index in [0.717, 1.165) is 12.8 Å². The lowest BCUT2D eigenvalue weighted by Crippen LogP contribution is -2.53. The number of methoxy groups -OCH3 is 1. The van der Waals surface area contributed by atoms with E-state index in [1.807, 2.05) is 14.0 Å². The third-order valence-corrected chi connectivity index (χ3v) is 3.93. The van der Waals surface area contributed by atoms with Crippen LogP contribution in [0.15, 0.2) is 0 Å². The molecule has 0 aromatic heterocycles. The summed E-state index contributed by atoms with van der Waals surface area (Å²) in [5, 5.41) is 2.93. The van der Waals surface area contributed by atoms with Crippen molar-refractivity contribution in [1.82, 2.24) is 10.2 Å². The van der Waals surface area contributed by atoms with Gasteiger partial charge in [-0.25, -0.2) is 0 Å². The summed E-state index contributed by atoms with van der Waals surface area (Å²) in [7, 11) is 3.63. The lowest BCUT2D eigenvalue weighted by Gasteiger charge is -2.37. The van der Waals surface area contributed by atoms with Crippen molar-refractivity contribution in [3.05, 3.63) is 0 Å². The molecular formula is C13H27N3O2. The third kappa shape index (κ3) is 3.93. The molecule has 5 heteroatoms. The normalized spacial score (nSPS) is 20.1. The molecule has 0 radical (unpaired) electrons. The van der Waals surface area contributed by atoms with Crippen LogP contribution in [0.4, 0.5) is 0 Å². The van der Waals surface area contributed by atoms with Crippen molar-refractivity contribution >= 4 is 5.91 Å². The van der Waals surface area contributed by atoms with E-state index >= 15 is 0 Å². The van der Waals surface area contributed by atoms with Gasteiger partial charge in [0, 0.05) is 25.2 Å². The lowest BCUT2D eigenvalue weighted by atomic mass is 9.96. The number of nitrogens with zero attached hydrogens (tertiary/aromatic N) is 1. The predicted octanol–water partition coefficient (Wildman–Crippen LogP) is 0.341. The molecule has 5 nitrogen and oxygen atoms in total. The molecule has 0 aromatic carbocycles. The van der Waals surface area contributed by atoms with Gasteiger partial charge in [-0.2, -0.15) is 0 Å². The molecule has 3 N–H and O–H groups in total. The third-order valence-electron chi connectivity index (χ3n) is 3.93. The SMILES string of the molecule is COCC(C)NC(=O)CN(C)C1(CN)CCCC1. The Bertz CT molecular complexity index is 265. The maximum atomic E-state index is 11.9. The highest BCUT2D eigenvalue weighted by Gasteiger charge is 2.36. The summed E-state index contributed by atoms with van der Waals surface area (Å²) in [4.78, 5) is 14.0. The first-order valence-electron chi connectivity index (χ1n) is 6.73. The second-order valence-corrected chi connectivity index (χ2v) is 5.42. The van der Waals surface area contributed by atoms with E-state index in [-0.39, 0.29) is 17.5 Å². The maximum absolute atomic E-state index is 11.9. The van der Waals surface area contributed by atoms with E-state index in [9.17, 15) is 4.79 Å². The standard InChI is InChI=1S/C13H27N3O2/c1-11(9-18-3)15-12(17)8-16(2)13(10-14)6-4-5-7-13/h11H,4-10,14H2,1-3H3,(H,15,17). The predicted molar refractivity (Wildman–Crippen MR) is 72.4 cm³/mol. The van der Waals surface area contributed by atoms with Gasteiger partial charge in [0.2, 0.25) is 5.91 Å². The van der Waals surface area contributed by atoms with Crippen LogP contribution < -0.4 is 11.1 Å². The first kappa shape index (κ1) is 15.4. The van der Waals surface area contributed by atoms with Gasteiger partial charge < -0.3 is 15.8 Å². The Labute approximate surface area is 110 Å². The van der Waals surface area contributed by atoms with E-state index in [0.29, 0.717) is 19.7 Å². The van der Waals surface area contributed by atoms with Gasteiger partial charge in [-0.15, -0.1) is 0 Å². The minimum atomic E-state index is 0.0296. The number of nitrogens with one attached hydrogen (secondary N) is 1. The maximum Gasteiger partial charge on any atom is 0.234 e. The van der Waals surface area contributed by atoms with Gasteiger partial charge in [0.15, 0.2) is 0 Å². The summed E-state index contributed by atoms with van der Waals surface area (Å²) >= 11 is 0. The summed E-state index contributed by atoms with van der Waals surface area (Å²) in [5.74, 6) is 0.0433. The lowest BCUT2D eigenvalue weighted by molar-refractivity contribution is -0.124. The quantitative estimate of drug-likeness (QED) is 0.690. The Morgan fingerprint density at radius 3 is 2.61 bits per heavy atom. The molecule has 1 atom stereocenters. The van der Waals surface area contributed by atoms with Crippen LogP contribution in [-0.2, 0) is 9.53 Å². The van der Waals surface area contributed by atoms with Crippen molar-refractivity contribution < 1.29 is 9.53 Å². The molecule has 0 aromatic rings. The van der Waals surface area contributed by atoms with Gasteiger partial charge in [0.05, 0.1) is 13.2 Å². The van der Waals surface area contributed by atoms with Crippen molar-refractivity contribution in [1.29, 1.82) is 0 Å². The monoisotopic (exact) mass is 257 g/mol. The van der Waals surface area contributed by atoms with E-state index in [2.05, 4.69) is 10.2 Å². The number of amides is 1. The average Bonchev–Trinajstić information content (AvgIpc) is 2.78. The average molecular weight is 257 g/mol. The van der Waals surface area contributed by atoms with Crippen molar-refractivity contribution in [3.8, 4) is 0 Å². The number of carbonyl (C=O) groups excluding carboxylic acids is 1. The Balaban J connectivity index is 2.43. The van der Waals surface area contributed by atoms with Gasteiger partial charge in [-0.05, 0) is 26.8 Å². The molecule has 106 valence electrons. The minimum absolute atomic E-state index is 0.0296. The van der Waals surface area contributed by atoms with Gasteiger partial charge >= 0.3 is 0 Å². The number of rotatable bonds is 7. The van der Waals surface area contributed by atoms with Gasteiger partial charge in [0.1, 0.15) is 0 Å². The highest BCUT2D eigenvalue weighted by atomic mass is 16.5. The van der Waals surface area contributed by atoms with E-state index in [4.69, 9.17) is 10.5 Å². The molecule has 0 heterocycles. The van der Waals surface area contributed by atoms with Crippen LogP contribution in [0, 0.1) is 0 Å². The van der Waals surface area contributed by atoms with Crippen LogP contribution in [-0.4, -0.2) is 56.2 Å². The highest BCUT2D eigenvalue weighted by molar-refractivity contribution is 5.78. The molecule has 1 aliphatic carbocycles. The van der Waals surface area contributed by atoms with E-state index < -0.39 is 0 Å². The second-order valence-electron chi connectivity index (χ2n) is 5.42. The molecule has 1 saturated carbocycles. The number of likely N-dealkylation sites (N-methyl/N-ethyl adjacent to an activating group) is 1. The minimum Gasteiger partial charge on any atom is -0.383 e.